The smallest absolute Gasteiger partial charge is 0.0264 e. The maximum absolute atomic E-state index is 2.48. The fraction of sp³-hybridized carbons (Fsp3) is 1.00. The molecule has 0 amide bonds. The Hall–Kier alpha value is 0. The quantitative estimate of drug-likeness (QED) is 0.482. The molecule has 0 bridgehead atoms. The zero-order valence-electron chi connectivity index (χ0n) is 7.35. The van der Waals surface area contributed by atoms with Crippen LogP contribution in [0.3, 0.4) is 0 Å². The molecule has 0 aromatic rings. The van der Waals surface area contributed by atoms with Gasteiger partial charge < -0.3 is 0 Å². The fourth-order valence-electron chi connectivity index (χ4n) is 3.14. The summed E-state index contributed by atoms with van der Waals surface area (Å²) < 4.78 is 0. The summed E-state index contributed by atoms with van der Waals surface area (Å²) in [6.45, 7) is 7.33. The van der Waals surface area contributed by atoms with Crippen molar-refractivity contribution in [3.8, 4) is 0 Å². The van der Waals surface area contributed by atoms with E-state index in [-0.39, 0.29) is 0 Å². The average Bonchev–Trinajstić information content (AvgIpc) is 2.35. The van der Waals surface area contributed by atoms with Gasteiger partial charge in [-0.15, -0.1) is 0 Å². The second-order valence-electron chi connectivity index (χ2n) is 4.79. The van der Waals surface area contributed by atoms with Gasteiger partial charge in [-0.25, -0.2) is 0 Å². The van der Waals surface area contributed by atoms with E-state index < -0.39 is 0 Å². The van der Waals surface area contributed by atoms with Gasteiger partial charge in [0.25, 0.3) is 0 Å². The van der Waals surface area contributed by atoms with Crippen molar-refractivity contribution in [2.24, 2.45) is 23.2 Å². The average molecular weight is 138 g/mol. The third kappa shape index (κ3) is 0.681. The largest absolute Gasteiger partial charge is 0.0625 e. The third-order valence-electron chi connectivity index (χ3n) is 4.14. The molecule has 0 nitrogen and oxygen atoms in total. The van der Waals surface area contributed by atoms with E-state index in [0.29, 0.717) is 0 Å². The summed E-state index contributed by atoms with van der Waals surface area (Å²) in [6.07, 6.45) is 4.50. The van der Waals surface area contributed by atoms with Crippen LogP contribution in [0.4, 0.5) is 0 Å². The summed E-state index contributed by atoms with van der Waals surface area (Å²) in [5, 5.41) is 0. The normalized spacial score (nSPS) is 59.7. The van der Waals surface area contributed by atoms with Crippen LogP contribution >= 0.6 is 0 Å². The maximum atomic E-state index is 2.48. The fourth-order valence-corrected chi connectivity index (χ4v) is 3.14. The third-order valence-corrected chi connectivity index (χ3v) is 4.14. The number of hydrogen-bond donors (Lipinski definition) is 0. The van der Waals surface area contributed by atoms with Crippen molar-refractivity contribution in [1.82, 2.24) is 0 Å². The van der Waals surface area contributed by atoms with Gasteiger partial charge >= 0.3 is 0 Å². The zero-order chi connectivity index (χ0) is 7.35. The first-order chi connectivity index (χ1) is 4.64. The van der Waals surface area contributed by atoms with Crippen LogP contribution in [0.2, 0.25) is 0 Å². The van der Waals surface area contributed by atoms with Crippen LogP contribution in [0.1, 0.15) is 40.0 Å². The van der Waals surface area contributed by atoms with E-state index in [9.17, 15) is 0 Å². The molecule has 4 unspecified atom stereocenters. The van der Waals surface area contributed by atoms with Crippen LogP contribution in [0.5, 0.6) is 0 Å². The van der Waals surface area contributed by atoms with Gasteiger partial charge in [0.2, 0.25) is 0 Å². The predicted octanol–water partition coefficient (Wildman–Crippen LogP) is 3.08. The van der Waals surface area contributed by atoms with E-state index >= 15 is 0 Å². The molecule has 2 fully saturated rings. The summed E-state index contributed by atoms with van der Waals surface area (Å²) in [5.74, 6) is 3.15. The standard InChI is InChI=1S/C10H18/c1-7-4-5-9-8(2)10(9,3)6-7/h7-9H,4-6H2,1-3H3. The van der Waals surface area contributed by atoms with Gasteiger partial charge in [-0.2, -0.15) is 0 Å². The van der Waals surface area contributed by atoms with E-state index in [1.165, 1.54) is 19.3 Å². The van der Waals surface area contributed by atoms with Crippen molar-refractivity contribution >= 4 is 0 Å². The van der Waals surface area contributed by atoms with Crippen LogP contribution < -0.4 is 0 Å². The van der Waals surface area contributed by atoms with Crippen molar-refractivity contribution < 1.29 is 0 Å². The Bertz CT molecular complexity index is 150. The second kappa shape index (κ2) is 1.78. The lowest BCUT2D eigenvalue weighted by Gasteiger charge is -2.22. The molecule has 0 N–H and O–H groups in total. The first-order valence-electron chi connectivity index (χ1n) is 4.64. The molecule has 10 heavy (non-hydrogen) atoms. The molecule has 0 heteroatoms. The van der Waals surface area contributed by atoms with Crippen molar-refractivity contribution in [1.29, 1.82) is 0 Å². The highest BCUT2D eigenvalue weighted by molar-refractivity contribution is 5.08. The van der Waals surface area contributed by atoms with Crippen LogP contribution in [0, 0.1) is 23.2 Å². The highest BCUT2D eigenvalue weighted by atomic mass is 14.6. The summed E-state index contributed by atoms with van der Waals surface area (Å²) in [4.78, 5) is 0. The predicted molar refractivity (Wildman–Crippen MR) is 43.8 cm³/mol. The molecule has 0 heterocycles. The van der Waals surface area contributed by atoms with Crippen molar-refractivity contribution in [2.75, 3.05) is 0 Å². The number of hydrogen-bond acceptors (Lipinski definition) is 0. The molecule has 4 atom stereocenters. The Labute approximate surface area is 64.0 Å². The van der Waals surface area contributed by atoms with Crippen molar-refractivity contribution in [3.63, 3.8) is 0 Å². The SMILES string of the molecule is CC1CCC2C(C)C2(C)C1. The first-order valence-corrected chi connectivity index (χ1v) is 4.64. The van der Waals surface area contributed by atoms with Crippen molar-refractivity contribution in [2.45, 2.75) is 40.0 Å². The minimum atomic E-state index is 0.775. The minimum absolute atomic E-state index is 0.775. The number of fused-ring (bicyclic) bond motifs is 1. The van der Waals surface area contributed by atoms with E-state index in [4.69, 9.17) is 0 Å². The Kier molecular flexibility index (Phi) is 1.19. The molecule has 58 valence electrons. The zero-order valence-corrected chi connectivity index (χ0v) is 7.35. The molecule has 0 aliphatic heterocycles. The molecule has 0 aromatic carbocycles. The van der Waals surface area contributed by atoms with Gasteiger partial charge in [-0.1, -0.05) is 27.2 Å². The van der Waals surface area contributed by atoms with Gasteiger partial charge in [-0.05, 0) is 36.0 Å². The Morgan fingerprint density at radius 1 is 1.20 bits per heavy atom. The molecule has 2 saturated carbocycles. The summed E-state index contributed by atoms with van der Waals surface area (Å²) in [6, 6.07) is 0. The minimum Gasteiger partial charge on any atom is -0.0625 e. The molecular formula is C10H18. The summed E-state index contributed by atoms with van der Waals surface area (Å²) >= 11 is 0. The Morgan fingerprint density at radius 2 is 1.90 bits per heavy atom. The molecule has 2 rings (SSSR count). The molecular weight excluding hydrogens is 120 g/mol. The molecule has 0 spiro atoms. The van der Waals surface area contributed by atoms with Crippen LogP contribution in [-0.2, 0) is 0 Å². The summed E-state index contributed by atoms with van der Waals surface area (Å²) in [7, 11) is 0. The monoisotopic (exact) mass is 138 g/mol. The second-order valence-corrected chi connectivity index (χ2v) is 4.79. The van der Waals surface area contributed by atoms with Crippen LogP contribution in [-0.4, -0.2) is 0 Å². The van der Waals surface area contributed by atoms with Gasteiger partial charge in [0, 0.05) is 0 Å². The molecule has 0 aromatic heterocycles. The van der Waals surface area contributed by atoms with Gasteiger partial charge in [0.15, 0.2) is 0 Å². The lowest BCUT2D eigenvalue weighted by molar-refractivity contribution is 0.282. The Morgan fingerprint density at radius 3 is 2.40 bits per heavy atom. The van der Waals surface area contributed by atoms with E-state index in [0.717, 1.165) is 23.2 Å². The van der Waals surface area contributed by atoms with Crippen LogP contribution in [0.25, 0.3) is 0 Å². The summed E-state index contributed by atoms with van der Waals surface area (Å²) in [5.41, 5.74) is 0.775. The van der Waals surface area contributed by atoms with Gasteiger partial charge in [0.1, 0.15) is 0 Å². The highest BCUT2D eigenvalue weighted by Gasteiger charge is 2.59. The van der Waals surface area contributed by atoms with Crippen LogP contribution in [0.15, 0.2) is 0 Å². The lowest BCUT2D eigenvalue weighted by Crippen LogP contribution is -2.12. The maximum Gasteiger partial charge on any atom is -0.0264 e. The lowest BCUT2D eigenvalue weighted by atomic mass is 9.83. The van der Waals surface area contributed by atoms with E-state index in [1.54, 1.807) is 0 Å². The van der Waals surface area contributed by atoms with Crippen molar-refractivity contribution in [3.05, 3.63) is 0 Å². The van der Waals surface area contributed by atoms with E-state index in [1.807, 2.05) is 0 Å². The molecule has 0 saturated heterocycles. The topological polar surface area (TPSA) is 0 Å². The van der Waals surface area contributed by atoms with E-state index in [2.05, 4.69) is 20.8 Å². The van der Waals surface area contributed by atoms with Gasteiger partial charge in [0.05, 0.1) is 0 Å². The highest BCUT2D eigenvalue weighted by Crippen LogP contribution is 2.66. The first kappa shape index (κ1) is 6.69. The molecule has 0 radical (unpaired) electrons. The van der Waals surface area contributed by atoms with Gasteiger partial charge in [-0.3, -0.25) is 0 Å². The molecule has 2 aliphatic rings. The number of rotatable bonds is 0. The molecule has 2 aliphatic carbocycles. The Balaban J connectivity index is 2.08.